The van der Waals surface area contributed by atoms with Gasteiger partial charge in [-0.25, -0.2) is 0 Å². The maximum atomic E-state index is 2.36. The molecule has 88 valence electrons. The van der Waals surface area contributed by atoms with Crippen LogP contribution in [-0.2, 0) is 0 Å². The van der Waals surface area contributed by atoms with Crippen LogP contribution in [0, 0.1) is 11.8 Å². The molecule has 1 nitrogen and oxygen atoms in total. The standard InChI is InChI=1S/C14H27N/c1-4-5-6-9-13-10-7-8-11-14(13)12-15(2)3/h4-5,13-14H,6-12H2,1-3H3/b5-4+. The lowest BCUT2D eigenvalue weighted by atomic mass is 9.76. The van der Waals surface area contributed by atoms with Crippen molar-refractivity contribution in [1.82, 2.24) is 4.90 Å². The van der Waals surface area contributed by atoms with Crippen LogP contribution in [0.15, 0.2) is 12.2 Å². The molecule has 1 heteroatoms. The number of nitrogens with zero attached hydrogens (tertiary/aromatic N) is 1. The second kappa shape index (κ2) is 7.05. The molecule has 1 rings (SSSR count). The molecule has 15 heavy (non-hydrogen) atoms. The predicted molar refractivity (Wildman–Crippen MR) is 68.1 cm³/mol. The van der Waals surface area contributed by atoms with E-state index in [9.17, 15) is 0 Å². The van der Waals surface area contributed by atoms with Gasteiger partial charge in [-0.05, 0) is 52.1 Å². The van der Waals surface area contributed by atoms with Gasteiger partial charge in [-0.1, -0.05) is 31.4 Å². The minimum Gasteiger partial charge on any atom is -0.309 e. The molecule has 0 aromatic carbocycles. The molecule has 1 fully saturated rings. The second-order valence-electron chi connectivity index (χ2n) is 5.21. The normalized spacial score (nSPS) is 27.7. The van der Waals surface area contributed by atoms with Gasteiger partial charge in [0.15, 0.2) is 0 Å². The van der Waals surface area contributed by atoms with Crippen LogP contribution in [0.25, 0.3) is 0 Å². The molecule has 0 bridgehead atoms. The summed E-state index contributed by atoms with van der Waals surface area (Å²) in [5, 5.41) is 0. The fourth-order valence-corrected chi connectivity index (χ4v) is 2.85. The van der Waals surface area contributed by atoms with E-state index in [0.717, 1.165) is 11.8 Å². The van der Waals surface area contributed by atoms with Crippen molar-refractivity contribution in [2.24, 2.45) is 11.8 Å². The zero-order valence-corrected chi connectivity index (χ0v) is 10.7. The van der Waals surface area contributed by atoms with Crippen molar-refractivity contribution in [3.8, 4) is 0 Å². The fourth-order valence-electron chi connectivity index (χ4n) is 2.85. The minimum atomic E-state index is 0.957. The van der Waals surface area contributed by atoms with Crippen LogP contribution in [0.5, 0.6) is 0 Å². The Morgan fingerprint density at radius 1 is 1.13 bits per heavy atom. The highest BCUT2D eigenvalue weighted by Crippen LogP contribution is 2.33. The first kappa shape index (κ1) is 12.8. The van der Waals surface area contributed by atoms with Crippen molar-refractivity contribution in [2.75, 3.05) is 20.6 Å². The zero-order chi connectivity index (χ0) is 11.1. The minimum absolute atomic E-state index is 0.957. The van der Waals surface area contributed by atoms with Crippen LogP contribution in [0.1, 0.15) is 45.4 Å². The fraction of sp³-hybridized carbons (Fsp3) is 0.857. The van der Waals surface area contributed by atoms with E-state index >= 15 is 0 Å². The molecule has 1 saturated carbocycles. The second-order valence-corrected chi connectivity index (χ2v) is 5.21. The van der Waals surface area contributed by atoms with Gasteiger partial charge >= 0.3 is 0 Å². The topological polar surface area (TPSA) is 3.24 Å². The van der Waals surface area contributed by atoms with E-state index in [1.165, 1.54) is 45.1 Å². The molecule has 0 radical (unpaired) electrons. The maximum absolute atomic E-state index is 2.36. The van der Waals surface area contributed by atoms with Gasteiger partial charge in [-0.15, -0.1) is 0 Å². The first-order valence-electron chi connectivity index (χ1n) is 6.50. The average molecular weight is 209 g/mol. The molecular formula is C14H27N. The summed E-state index contributed by atoms with van der Waals surface area (Å²) in [5.41, 5.74) is 0. The molecule has 2 atom stereocenters. The van der Waals surface area contributed by atoms with Crippen LogP contribution < -0.4 is 0 Å². The summed E-state index contributed by atoms with van der Waals surface area (Å²) in [6, 6.07) is 0. The van der Waals surface area contributed by atoms with E-state index in [0.29, 0.717) is 0 Å². The van der Waals surface area contributed by atoms with Gasteiger partial charge in [-0.3, -0.25) is 0 Å². The Labute approximate surface area is 95.5 Å². The highest BCUT2D eigenvalue weighted by Gasteiger charge is 2.24. The van der Waals surface area contributed by atoms with Gasteiger partial charge < -0.3 is 4.90 Å². The predicted octanol–water partition coefficient (Wildman–Crippen LogP) is 3.71. The molecule has 0 aromatic heterocycles. The van der Waals surface area contributed by atoms with Crippen molar-refractivity contribution < 1.29 is 0 Å². The summed E-state index contributed by atoms with van der Waals surface area (Å²) in [5.74, 6) is 1.94. The van der Waals surface area contributed by atoms with Gasteiger partial charge in [0.2, 0.25) is 0 Å². The van der Waals surface area contributed by atoms with Gasteiger partial charge in [0.25, 0.3) is 0 Å². The van der Waals surface area contributed by atoms with Crippen LogP contribution in [-0.4, -0.2) is 25.5 Å². The van der Waals surface area contributed by atoms with Crippen molar-refractivity contribution in [3.05, 3.63) is 12.2 Å². The van der Waals surface area contributed by atoms with Crippen LogP contribution >= 0.6 is 0 Å². The van der Waals surface area contributed by atoms with Crippen molar-refractivity contribution in [3.63, 3.8) is 0 Å². The van der Waals surface area contributed by atoms with Crippen molar-refractivity contribution >= 4 is 0 Å². The van der Waals surface area contributed by atoms with Crippen LogP contribution in [0.4, 0.5) is 0 Å². The van der Waals surface area contributed by atoms with E-state index in [4.69, 9.17) is 0 Å². The van der Waals surface area contributed by atoms with Crippen molar-refractivity contribution in [2.45, 2.75) is 45.4 Å². The summed E-state index contributed by atoms with van der Waals surface area (Å²) >= 11 is 0. The van der Waals surface area contributed by atoms with E-state index < -0.39 is 0 Å². The molecule has 0 spiro atoms. The number of hydrogen-bond donors (Lipinski definition) is 0. The molecule has 0 aliphatic heterocycles. The lowest BCUT2D eigenvalue weighted by Gasteiger charge is -2.33. The van der Waals surface area contributed by atoms with E-state index in [2.05, 4.69) is 38.1 Å². The Kier molecular flexibility index (Phi) is 6.00. The Hall–Kier alpha value is -0.300. The van der Waals surface area contributed by atoms with E-state index in [1.807, 2.05) is 0 Å². The number of hydrogen-bond acceptors (Lipinski definition) is 1. The van der Waals surface area contributed by atoms with E-state index in [-0.39, 0.29) is 0 Å². The molecule has 1 aliphatic carbocycles. The molecule has 0 heterocycles. The molecule has 0 aromatic rings. The van der Waals surface area contributed by atoms with Crippen LogP contribution in [0.2, 0.25) is 0 Å². The number of allylic oxidation sites excluding steroid dienone is 2. The Balaban J connectivity index is 2.35. The summed E-state index contributed by atoms with van der Waals surface area (Å²) < 4.78 is 0. The van der Waals surface area contributed by atoms with Gasteiger partial charge in [-0.2, -0.15) is 0 Å². The summed E-state index contributed by atoms with van der Waals surface area (Å²) in [7, 11) is 4.41. The third-order valence-corrected chi connectivity index (χ3v) is 3.61. The first-order chi connectivity index (χ1) is 7.24. The summed E-state index contributed by atoms with van der Waals surface area (Å²) in [6.45, 7) is 3.42. The summed E-state index contributed by atoms with van der Waals surface area (Å²) in [4.78, 5) is 2.36. The molecular weight excluding hydrogens is 182 g/mol. The lowest BCUT2D eigenvalue weighted by molar-refractivity contribution is 0.178. The average Bonchev–Trinajstić information content (AvgIpc) is 2.20. The first-order valence-corrected chi connectivity index (χ1v) is 6.50. The van der Waals surface area contributed by atoms with Gasteiger partial charge in [0.05, 0.1) is 0 Å². The number of rotatable bonds is 5. The highest BCUT2D eigenvalue weighted by atomic mass is 15.1. The summed E-state index contributed by atoms with van der Waals surface area (Å²) in [6.07, 6.45) is 13.0. The largest absolute Gasteiger partial charge is 0.309 e. The Bertz CT molecular complexity index is 184. The van der Waals surface area contributed by atoms with Gasteiger partial charge in [0.1, 0.15) is 0 Å². The molecule has 0 N–H and O–H groups in total. The Morgan fingerprint density at radius 3 is 2.40 bits per heavy atom. The third-order valence-electron chi connectivity index (χ3n) is 3.61. The van der Waals surface area contributed by atoms with Crippen molar-refractivity contribution in [1.29, 1.82) is 0 Å². The quantitative estimate of drug-likeness (QED) is 0.624. The molecule has 0 saturated heterocycles. The highest BCUT2D eigenvalue weighted by molar-refractivity contribution is 4.82. The lowest BCUT2D eigenvalue weighted by Crippen LogP contribution is -2.30. The van der Waals surface area contributed by atoms with Gasteiger partial charge in [0, 0.05) is 6.54 Å². The maximum Gasteiger partial charge on any atom is 0.000621 e. The molecule has 2 unspecified atom stereocenters. The zero-order valence-electron chi connectivity index (χ0n) is 10.7. The smallest absolute Gasteiger partial charge is 0.000621 e. The molecule has 0 amide bonds. The van der Waals surface area contributed by atoms with E-state index in [1.54, 1.807) is 0 Å². The molecule has 1 aliphatic rings. The monoisotopic (exact) mass is 209 g/mol. The third kappa shape index (κ3) is 4.83. The SMILES string of the molecule is C/C=C/CCC1CCCCC1CN(C)C. The Morgan fingerprint density at radius 2 is 1.80 bits per heavy atom. The van der Waals surface area contributed by atoms with Crippen LogP contribution in [0.3, 0.4) is 0 Å².